The SMILES string of the molecule is CCCNS(=O)(=O)c1ccc(/C=C/C(=O)OCCc2scnc2C)cc1. The minimum Gasteiger partial charge on any atom is -0.462 e. The number of thiazole rings is 1. The zero-order valence-electron chi connectivity index (χ0n) is 14.8. The summed E-state index contributed by atoms with van der Waals surface area (Å²) in [4.78, 5) is 17.2. The molecule has 1 aromatic carbocycles. The second-order valence-electron chi connectivity index (χ2n) is 5.58. The van der Waals surface area contributed by atoms with E-state index in [2.05, 4.69) is 9.71 Å². The summed E-state index contributed by atoms with van der Waals surface area (Å²) < 4.78 is 31.7. The minimum atomic E-state index is -3.48. The number of ether oxygens (including phenoxy) is 1. The Hall–Kier alpha value is -2.03. The minimum absolute atomic E-state index is 0.200. The van der Waals surface area contributed by atoms with Gasteiger partial charge in [-0.05, 0) is 37.1 Å². The summed E-state index contributed by atoms with van der Waals surface area (Å²) in [6.07, 6.45) is 4.30. The normalized spacial score (nSPS) is 11.8. The predicted molar refractivity (Wildman–Crippen MR) is 102 cm³/mol. The topological polar surface area (TPSA) is 85.4 Å². The maximum absolute atomic E-state index is 12.0. The molecular formula is C18H22N2O4S2. The lowest BCUT2D eigenvalue weighted by molar-refractivity contribution is -0.137. The van der Waals surface area contributed by atoms with Crippen molar-refractivity contribution in [2.75, 3.05) is 13.2 Å². The van der Waals surface area contributed by atoms with E-state index in [1.54, 1.807) is 35.1 Å². The molecule has 0 aliphatic heterocycles. The maximum atomic E-state index is 12.0. The van der Waals surface area contributed by atoms with Crippen LogP contribution in [0.15, 0.2) is 40.7 Å². The van der Waals surface area contributed by atoms with Gasteiger partial charge in [0.2, 0.25) is 10.0 Å². The highest BCUT2D eigenvalue weighted by Gasteiger charge is 2.12. The predicted octanol–water partition coefficient (Wildman–Crippen LogP) is 2.94. The first-order chi connectivity index (χ1) is 12.4. The second-order valence-corrected chi connectivity index (χ2v) is 8.28. The molecule has 0 unspecified atom stereocenters. The Labute approximate surface area is 158 Å². The van der Waals surface area contributed by atoms with E-state index < -0.39 is 16.0 Å². The summed E-state index contributed by atoms with van der Waals surface area (Å²) in [6, 6.07) is 6.31. The Kier molecular flexibility index (Phi) is 7.50. The van der Waals surface area contributed by atoms with Crippen LogP contribution in [0.3, 0.4) is 0 Å². The fraction of sp³-hybridized carbons (Fsp3) is 0.333. The average Bonchev–Trinajstić information content (AvgIpc) is 3.03. The second kappa shape index (κ2) is 9.61. The van der Waals surface area contributed by atoms with Gasteiger partial charge in [0.05, 0.1) is 22.7 Å². The number of benzene rings is 1. The van der Waals surface area contributed by atoms with Gasteiger partial charge in [-0.1, -0.05) is 19.1 Å². The average molecular weight is 395 g/mol. The summed E-state index contributed by atoms with van der Waals surface area (Å²) in [6.45, 7) is 4.52. The lowest BCUT2D eigenvalue weighted by Gasteiger charge is -2.05. The van der Waals surface area contributed by atoms with Crippen LogP contribution < -0.4 is 4.72 Å². The molecule has 8 heteroatoms. The van der Waals surface area contributed by atoms with Crippen LogP contribution >= 0.6 is 11.3 Å². The standard InChI is InChI=1S/C18H22N2O4S2/c1-3-11-20-26(22,23)16-7-4-15(5-8-16)6-9-18(21)24-12-10-17-14(2)19-13-25-17/h4-9,13,20H,3,10-12H2,1-2H3/b9-6+. The van der Waals surface area contributed by atoms with Gasteiger partial charge in [0.15, 0.2) is 0 Å². The fourth-order valence-electron chi connectivity index (χ4n) is 2.10. The summed E-state index contributed by atoms with van der Waals surface area (Å²) >= 11 is 1.54. The van der Waals surface area contributed by atoms with Gasteiger partial charge in [0.1, 0.15) is 0 Å². The van der Waals surface area contributed by atoms with Crippen molar-refractivity contribution in [1.82, 2.24) is 9.71 Å². The first kappa shape index (κ1) is 20.3. The number of aromatic nitrogens is 1. The van der Waals surface area contributed by atoms with Crippen molar-refractivity contribution >= 4 is 33.4 Å². The molecule has 0 bridgehead atoms. The van der Waals surface area contributed by atoms with E-state index in [1.807, 2.05) is 13.8 Å². The van der Waals surface area contributed by atoms with Crippen LogP contribution in [0, 0.1) is 6.92 Å². The van der Waals surface area contributed by atoms with Gasteiger partial charge in [-0.15, -0.1) is 11.3 Å². The molecule has 26 heavy (non-hydrogen) atoms. The molecule has 0 spiro atoms. The van der Waals surface area contributed by atoms with E-state index in [9.17, 15) is 13.2 Å². The van der Waals surface area contributed by atoms with Gasteiger partial charge >= 0.3 is 5.97 Å². The van der Waals surface area contributed by atoms with Crippen LogP contribution in [0.1, 0.15) is 29.5 Å². The highest BCUT2D eigenvalue weighted by Crippen LogP contribution is 2.13. The Morgan fingerprint density at radius 1 is 1.31 bits per heavy atom. The van der Waals surface area contributed by atoms with E-state index in [-0.39, 0.29) is 4.90 Å². The molecule has 2 rings (SSSR count). The molecule has 0 radical (unpaired) electrons. The third-order valence-corrected chi connectivity index (χ3v) is 6.03. The van der Waals surface area contributed by atoms with Crippen molar-refractivity contribution in [3.05, 3.63) is 52.0 Å². The van der Waals surface area contributed by atoms with Gasteiger partial charge in [-0.25, -0.2) is 22.9 Å². The molecule has 140 valence electrons. The molecule has 1 heterocycles. The summed E-state index contributed by atoms with van der Waals surface area (Å²) in [7, 11) is -3.48. The van der Waals surface area contributed by atoms with E-state index >= 15 is 0 Å². The van der Waals surface area contributed by atoms with Gasteiger partial charge in [-0.2, -0.15) is 0 Å². The fourth-order valence-corrected chi connectivity index (χ4v) is 4.00. The zero-order valence-corrected chi connectivity index (χ0v) is 16.4. The van der Waals surface area contributed by atoms with Crippen molar-refractivity contribution in [3.8, 4) is 0 Å². The van der Waals surface area contributed by atoms with Crippen LogP contribution in [0.25, 0.3) is 6.08 Å². The number of nitrogens with zero attached hydrogens (tertiary/aromatic N) is 1. The van der Waals surface area contributed by atoms with Crippen molar-refractivity contribution < 1.29 is 17.9 Å². The summed E-state index contributed by atoms with van der Waals surface area (Å²) in [5.74, 6) is -0.437. The van der Waals surface area contributed by atoms with Crippen LogP contribution in [-0.2, 0) is 26.0 Å². The lowest BCUT2D eigenvalue weighted by Crippen LogP contribution is -2.24. The van der Waals surface area contributed by atoms with Crippen molar-refractivity contribution in [3.63, 3.8) is 0 Å². The number of carbonyl (C=O) groups excluding carboxylic acids is 1. The van der Waals surface area contributed by atoms with E-state index in [4.69, 9.17) is 4.74 Å². The van der Waals surface area contributed by atoms with Crippen LogP contribution in [0.4, 0.5) is 0 Å². The Morgan fingerprint density at radius 2 is 2.04 bits per heavy atom. The van der Waals surface area contributed by atoms with Crippen molar-refractivity contribution in [2.45, 2.75) is 31.6 Å². The third kappa shape index (κ3) is 6.05. The highest BCUT2D eigenvalue weighted by atomic mass is 32.2. The number of esters is 1. The summed E-state index contributed by atoms with van der Waals surface area (Å²) in [5, 5.41) is 0. The number of hydrogen-bond donors (Lipinski definition) is 1. The molecule has 0 atom stereocenters. The highest BCUT2D eigenvalue weighted by molar-refractivity contribution is 7.89. The van der Waals surface area contributed by atoms with Crippen molar-refractivity contribution in [2.24, 2.45) is 0 Å². The number of aryl methyl sites for hydroxylation is 1. The Morgan fingerprint density at radius 3 is 2.65 bits per heavy atom. The molecule has 0 fully saturated rings. The molecule has 1 aromatic heterocycles. The molecule has 0 aliphatic rings. The van der Waals surface area contributed by atoms with Crippen LogP contribution in [-0.4, -0.2) is 32.5 Å². The summed E-state index contributed by atoms with van der Waals surface area (Å²) in [5.41, 5.74) is 3.45. The lowest BCUT2D eigenvalue weighted by atomic mass is 10.2. The molecule has 2 aromatic rings. The number of carbonyl (C=O) groups is 1. The monoisotopic (exact) mass is 394 g/mol. The molecule has 0 amide bonds. The van der Waals surface area contributed by atoms with Gasteiger partial charge in [0, 0.05) is 23.9 Å². The number of hydrogen-bond acceptors (Lipinski definition) is 6. The molecule has 0 saturated carbocycles. The van der Waals surface area contributed by atoms with Gasteiger partial charge in [0.25, 0.3) is 0 Å². The number of sulfonamides is 1. The molecule has 0 aliphatic carbocycles. The molecule has 1 N–H and O–H groups in total. The van der Waals surface area contributed by atoms with Gasteiger partial charge < -0.3 is 4.74 Å². The number of rotatable bonds is 9. The zero-order chi connectivity index (χ0) is 19.0. The van der Waals surface area contributed by atoms with Gasteiger partial charge in [-0.3, -0.25) is 0 Å². The quantitative estimate of drug-likeness (QED) is 0.522. The van der Waals surface area contributed by atoms with Crippen LogP contribution in [0.5, 0.6) is 0 Å². The van der Waals surface area contributed by atoms with Crippen molar-refractivity contribution in [1.29, 1.82) is 0 Å². The Bertz CT molecular complexity index is 856. The van der Waals surface area contributed by atoms with E-state index in [1.165, 1.54) is 18.2 Å². The Balaban J connectivity index is 1.85. The largest absolute Gasteiger partial charge is 0.462 e. The first-order valence-corrected chi connectivity index (χ1v) is 10.6. The van der Waals surface area contributed by atoms with E-state index in [0.717, 1.165) is 22.6 Å². The first-order valence-electron chi connectivity index (χ1n) is 8.26. The number of nitrogens with one attached hydrogen (secondary N) is 1. The van der Waals surface area contributed by atoms with E-state index in [0.29, 0.717) is 19.6 Å². The molecular weight excluding hydrogens is 372 g/mol. The maximum Gasteiger partial charge on any atom is 0.330 e. The van der Waals surface area contributed by atoms with Crippen LogP contribution in [0.2, 0.25) is 0 Å². The molecule has 6 nitrogen and oxygen atoms in total. The molecule has 0 saturated heterocycles. The third-order valence-electron chi connectivity index (χ3n) is 3.56. The smallest absolute Gasteiger partial charge is 0.330 e.